The Bertz CT molecular complexity index is 198. The molecule has 0 N–H and O–H groups in total. The number of hydrogen-bond donors (Lipinski definition) is 0. The fourth-order valence-electron chi connectivity index (χ4n) is 2.92. The summed E-state index contributed by atoms with van der Waals surface area (Å²) in [6.07, 6.45) is 4.26. The lowest BCUT2D eigenvalue weighted by molar-refractivity contribution is 0.225. The molecule has 0 saturated carbocycles. The fraction of sp³-hybridized carbons (Fsp3) is 1.00. The van der Waals surface area contributed by atoms with E-state index in [0.29, 0.717) is 0 Å². The zero-order valence-electron chi connectivity index (χ0n) is 10.1. The van der Waals surface area contributed by atoms with Crippen molar-refractivity contribution in [3.8, 4) is 0 Å². The van der Waals surface area contributed by atoms with Gasteiger partial charge in [-0.3, -0.25) is 4.90 Å². The van der Waals surface area contributed by atoms with Crippen molar-refractivity contribution in [1.29, 1.82) is 0 Å². The summed E-state index contributed by atoms with van der Waals surface area (Å²) in [5.41, 5.74) is 0. The van der Waals surface area contributed by atoms with Crippen LogP contribution in [0, 0.1) is 0 Å². The van der Waals surface area contributed by atoms with E-state index in [9.17, 15) is 0 Å². The molecule has 0 aromatic carbocycles. The zero-order valence-corrected chi connectivity index (χ0v) is 10.9. The molecule has 2 saturated heterocycles. The van der Waals surface area contributed by atoms with Crippen LogP contribution in [0.2, 0.25) is 0 Å². The molecule has 2 aliphatic rings. The first-order valence-corrected chi connectivity index (χ1v) is 7.48. The van der Waals surface area contributed by atoms with Crippen molar-refractivity contribution in [3.63, 3.8) is 0 Å². The van der Waals surface area contributed by atoms with Crippen molar-refractivity contribution < 1.29 is 0 Å². The minimum Gasteiger partial charge on any atom is -0.301 e. The van der Waals surface area contributed by atoms with Crippen LogP contribution in [0.5, 0.6) is 0 Å². The van der Waals surface area contributed by atoms with Gasteiger partial charge in [-0.25, -0.2) is 0 Å². The van der Waals surface area contributed by atoms with Gasteiger partial charge in [0.05, 0.1) is 0 Å². The van der Waals surface area contributed by atoms with Crippen LogP contribution in [0.15, 0.2) is 0 Å². The van der Waals surface area contributed by atoms with Gasteiger partial charge in [-0.05, 0) is 38.6 Å². The van der Waals surface area contributed by atoms with Crippen molar-refractivity contribution in [2.45, 2.75) is 38.3 Å². The van der Waals surface area contributed by atoms with Gasteiger partial charge in [0.2, 0.25) is 0 Å². The third-order valence-electron chi connectivity index (χ3n) is 3.99. The van der Waals surface area contributed by atoms with Crippen molar-refractivity contribution in [3.05, 3.63) is 0 Å². The average Bonchev–Trinajstić information content (AvgIpc) is 2.46. The summed E-state index contributed by atoms with van der Waals surface area (Å²) in [6.45, 7) is 6.20. The van der Waals surface area contributed by atoms with Crippen molar-refractivity contribution >= 4 is 11.8 Å². The number of likely N-dealkylation sites (tertiary alicyclic amines) is 1. The zero-order chi connectivity index (χ0) is 10.7. The summed E-state index contributed by atoms with van der Waals surface area (Å²) in [4.78, 5) is 5.32. The number of thioether (sulfide) groups is 1. The smallest absolute Gasteiger partial charge is 0.0223 e. The van der Waals surface area contributed by atoms with E-state index in [1.165, 1.54) is 50.4 Å². The van der Waals surface area contributed by atoms with Crippen LogP contribution in [-0.2, 0) is 0 Å². The Morgan fingerprint density at radius 2 is 2.00 bits per heavy atom. The average molecular weight is 228 g/mol. The summed E-state index contributed by atoms with van der Waals surface area (Å²) in [6, 6.07) is 1.74. The van der Waals surface area contributed by atoms with Crippen LogP contribution in [0.3, 0.4) is 0 Å². The van der Waals surface area contributed by atoms with Crippen molar-refractivity contribution in [2.24, 2.45) is 0 Å². The van der Waals surface area contributed by atoms with Gasteiger partial charge >= 0.3 is 0 Å². The summed E-state index contributed by atoms with van der Waals surface area (Å²) < 4.78 is 0. The molecule has 2 aliphatic heterocycles. The highest BCUT2D eigenvalue weighted by atomic mass is 32.2. The normalized spacial score (nSPS) is 33.2. The van der Waals surface area contributed by atoms with Crippen LogP contribution in [0.25, 0.3) is 0 Å². The lowest BCUT2D eigenvalue weighted by Crippen LogP contribution is -2.37. The Morgan fingerprint density at radius 3 is 2.80 bits per heavy atom. The van der Waals surface area contributed by atoms with Gasteiger partial charge < -0.3 is 4.90 Å². The van der Waals surface area contributed by atoms with E-state index in [-0.39, 0.29) is 0 Å². The minimum atomic E-state index is 0.851. The van der Waals surface area contributed by atoms with E-state index in [4.69, 9.17) is 0 Å². The largest absolute Gasteiger partial charge is 0.301 e. The van der Waals surface area contributed by atoms with Gasteiger partial charge in [-0.15, -0.1) is 0 Å². The number of fused-ring (bicyclic) bond motifs is 2. The minimum absolute atomic E-state index is 0.851. The van der Waals surface area contributed by atoms with Crippen LogP contribution in [0.1, 0.15) is 26.2 Å². The van der Waals surface area contributed by atoms with E-state index in [2.05, 4.69) is 35.5 Å². The number of nitrogens with zero attached hydrogens (tertiary/aromatic N) is 2. The molecule has 88 valence electrons. The Labute approximate surface area is 98.4 Å². The van der Waals surface area contributed by atoms with E-state index in [0.717, 1.165) is 12.1 Å². The Hall–Kier alpha value is 0.270. The number of likely N-dealkylation sites (N-methyl/N-ethyl adjacent to an activating group) is 1. The number of rotatable bonds is 4. The Balaban J connectivity index is 1.79. The molecule has 3 heteroatoms. The van der Waals surface area contributed by atoms with Crippen LogP contribution in [0.4, 0.5) is 0 Å². The SMILES string of the molecule is CCSCCN1CCC2CCC(C1)N2C. The maximum atomic E-state index is 2.68. The molecular formula is C12H24N2S. The second-order valence-corrected chi connectivity index (χ2v) is 6.23. The highest BCUT2D eigenvalue weighted by molar-refractivity contribution is 7.99. The molecule has 2 fully saturated rings. The molecule has 0 spiro atoms. The number of hydrogen-bond acceptors (Lipinski definition) is 3. The lowest BCUT2D eigenvalue weighted by atomic mass is 10.1. The monoisotopic (exact) mass is 228 g/mol. The maximum absolute atomic E-state index is 2.68. The first kappa shape index (κ1) is 11.7. The molecule has 2 rings (SSSR count). The summed E-state index contributed by atoms with van der Waals surface area (Å²) in [5.74, 6) is 2.58. The van der Waals surface area contributed by atoms with Gasteiger partial charge in [0, 0.05) is 30.9 Å². The van der Waals surface area contributed by atoms with Gasteiger partial charge in [-0.1, -0.05) is 6.92 Å². The van der Waals surface area contributed by atoms with Crippen LogP contribution in [-0.4, -0.2) is 60.1 Å². The second-order valence-electron chi connectivity index (χ2n) is 4.84. The Kier molecular flexibility index (Phi) is 4.35. The highest BCUT2D eigenvalue weighted by Crippen LogP contribution is 2.28. The molecule has 0 aromatic heterocycles. The lowest BCUT2D eigenvalue weighted by Gasteiger charge is -2.25. The van der Waals surface area contributed by atoms with Gasteiger partial charge in [0.25, 0.3) is 0 Å². The first-order valence-electron chi connectivity index (χ1n) is 6.33. The fourth-order valence-corrected chi connectivity index (χ4v) is 3.60. The third-order valence-corrected chi connectivity index (χ3v) is 4.87. The summed E-state index contributed by atoms with van der Waals surface area (Å²) >= 11 is 2.07. The summed E-state index contributed by atoms with van der Waals surface area (Å²) in [5, 5.41) is 0. The maximum Gasteiger partial charge on any atom is 0.0223 e. The third kappa shape index (κ3) is 2.89. The van der Waals surface area contributed by atoms with Crippen LogP contribution < -0.4 is 0 Å². The van der Waals surface area contributed by atoms with E-state index >= 15 is 0 Å². The van der Waals surface area contributed by atoms with E-state index in [1.807, 2.05) is 0 Å². The topological polar surface area (TPSA) is 6.48 Å². The predicted octanol–water partition coefficient (Wildman–Crippen LogP) is 1.91. The molecule has 2 atom stereocenters. The molecule has 0 amide bonds. The summed E-state index contributed by atoms with van der Waals surface area (Å²) in [7, 11) is 2.33. The predicted molar refractivity (Wildman–Crippen MR) is 68.6 cm³/mol. The van der Waals surface area contributed by atoms with E-state index < -0.39 is 0 Å². The van der Waals surface area contributed by atoms with Gasteiger partial charge in [0.1, 0.15) is 0 Å². The molecule has 2 nitrogen and oxygen atoms in total. The molecule has 0 aliphatic carbocycles. The van der Waals surface area contributed by atoms with Gasteiger partial charge in [0.15, 0.2) is 0 Å². The highest BCUT2D eigenvalue weighted by Gasteiger charge is 2.34. The van der Waals surface area contributed by atoms with Crippen LogP contribution >= 0.6 is 11.8 Å². The Morgan fingerprint density at radius 1 is 1.20 bits per heavy atom. The first-order chi connectivity index (χ1) is 7.31. The van der Waals surface area contributed by atoms with Crippen molar-refractivity contribution in [2.75, 3.05) is 38.2 Å². The molecule has 0 radical (unpaired) electrons. The van der Waals surface area contributed by atoms with Crippen molar-refractivity contribution in [1.82, 2.24) is 9.80 Å². The van der Waals surface area contributed by atoms with Gasteiger partial charge in [-0.2, -0.15) is 11.8 Å². The quantitative estimate of drug-likeness (QED) is 0.679. The second kappa shape index (κ2) is 5.55. The molecule has 2 bridgehead atoms. The molecule has 15 heavy (non-hydrogen) atoms. The molecule has 2 unspecified atom stereocenters. The standard InChI is InChI=1S/C12H24N2S/c1-3-15-9-8-14-7-6-11-4-5-12(10-14)13(11)2/h11-12H,3-10H2,1-2H3. The van der Waals surface area contributed by atoms with E-state index in [1.54, 1.807) is 0 Å². The molecule has 2 heterocycles. The molecular weight excluding hydrogens is 204 g/mol. The molecule has 0 aromatic rings.